The van der Waals surface area contributed by atoms with E-state index in [0.29, 0.717) is 5.69 Å². The molecule has 19 heavy (non-hydrogen) atoms. The third-order valence-corrected chi connectivity index (χ3v) is 3.18. The Morgan fingerprint density at radius 1 is 0.895 bits per heavy atom. The summed E-state index contributed by atoms with van der Waals surface area (Å²) in [6, 6.07) is 12.9. The third-order valence-electron chi connectivity index (χ3n) is 2.88. The second-order valence-corrected chi connectivity index (χ2v) is 4.52. The van der Waals surface area contributed by atoms with Crippen molar-refractivity contribution in [1.29, 1.82) is 0 Å². The minimum absolute atomic E-state index is 0.0151. The van der Waals surface area contributed by atoms with Crippen LogP contribution in [0.15, 0.2) is 48.5 Å². The van der Waals surface area contributed by atoms with Gasteiger partial charge in [0.25, 0.3) is 0 Å². The van der Waals surface area contributed by atoms with Gasteiger partial charge in [-0.25, -0.2) is 13.8 Å². The molecule has 0 saturated heterocycles. The molecular formula is C15H8ClF2N. The van der Waals surface area contributed by atoms with Crippen LogP contribution >= 0.6 is 11.6 Å². The standard InChI is InChI=1S/C15H8ClF2N/c16-10-8-13(9-4-2-1-3-5-9)19-15-12(18)7-6-11(17)14(10)15/h1-8H. The lowest BCUT2D eigenvalue weighted by atomic mass is 10.1. The van der Waals surface area contributed by atoms with E-state index >= 15 is 0 Å². The molecule has 1 heterocycles. The molecule has 4 heteroatoms. The van der Waals surface area contributed by atoms with Crippen LogP contribution in [0.2, 0.25) is 5.02 Å². The first kappa shape index (κ1) is 12.1. The van der Waals surface area contributed by atoms with E-state index in [0.717, 1.165) is 17.7 Å². The van der Waals surface area contributed by atoms with E-state index in [1.807, 2.05) is 30.3 Å². The van der Waals surface area contributed by atoms with Crippen LogP contribution in [0.1, 0.15) is 0 Å². The largest absolute Gasteiger partial charge is 0.244 e. The van der Waals surface area contributed by atoms with E-state index < -0.39 is 11.6 Å². The van der Waals surface area contributed by atoms with Gasteiger partial charge < -0.3 is 0 Å². The van der Waals surface area contributed by atoms with Gasteiger partial charge in [0.2, 0.25) is 0 Å². The Labute approximate surface area is 113 Å². The summed E-state index contributed by atoms with van der Waals surface area (Å²) >= 11 is 6.04. The zero-order valence-electron chi connectivity index (χ0n) is 9.70. The van der Waals surface area contributed by atoms with Gasteiger partial charge in [0.15, 0.2) is 0 Å². The third kappa shape index (κ3) is 2.06. The van der Waals surface area contributed by atoms with Crippen molar-refractivity contribution >= 4 is 22.5 Å². The average Bonchev–Trinajstić information content (AvgIpc) is 2.43. The van der Waals surface area contributed by atoms with Gasteiger partial charge in [-0.05, 0) is 18.2 Å². The van der Waals surface area contributed by atoms with Crippen molar-refractivity contribution in [3.63, 3.8) is 0 Å². The van der Waals surface area contributed by atoms with Crippen LogP contribution in [0.4, 0.5) is 8.78 Å². The van der Waals surface area contributed by atoms with E-state index in [2.05, 4.69) is 4.98 Å². The first-order chi connectivity index (χ1) is 9.16. The fraction of sp³-hybridized carbons (Fsp3) is 0. The van der Waals surface area contributed by atoms with Gasteiger partial charge in [-0.2, -0.15) is 0 Å². The van der Waals surface area contributed by atoms with E-state index in [-0.39, 0.29) is 15.9 Å². The van der Waals surface area contributed by atoms with Crippen molar-refractivity contribution in [1.82, 2.24) is 4.98 Å². The highest BCUT2D eigenvalue weighted by atomic mass is 35.5. The summed E-state index contributed by atoms with van der Waals surface area (Å²) in [6.45, 7) is 0. The number of fused-ring (bicyclic) bond motifs is 1. The Kier molecular flexibility index (Phi) is 2.91. The van der Waals surface area contributed by atoms with Gasteiger partial charge in [-0.3, -0.25) is 0 Å². The maximum absolute atomic E-state index is 13.8. The number of pyridine rings is 1. The number of aromatic nitrogens is 1. The zero-order valence-corrected chi connectivity index (χ0v) is 10.5. The molecule has 3 aromatic rings. The van der Waals surface area contributed by atoms with Gasteiger partial charge in [-0.15, -0.1) is 0 Å². The van der Waals surface area contributed by atoms with Crippen molar-refractivity contribution in [2.45, 2.75) is 0 Å². The summed E-state index contributed by atoms with van der Waals surface area (Å²) in [5.74, 6) is -1.16. The first-order valence-corrected chi connectivity index (χ1v) is 6.04. The number of hydrogen-bond donors (Lipinski definition) is 0. The second-order valence-electron chi connectivity index (χ2n) is 4.11. The average molecular weight is 276 g/mol. The van der Waals surface area contributed by atoms with Gasteiger partial charge >= 0.3 is 0 Å². The predicted octanol–water partition coefficient (Wildman–Crippen LogP) is 4.83. The van der Waals surface area contributed by atoms with Crippen molar-refractivity contribution < 1.29 is 8.78 Å². The normalized spacial score (nSPS) is 10.9. The fourth-order valence-electron chi connectivity index (χ4n) is 1.98. The Balaban J connectivity index is 2.34. The van der Waals surface area contributed by atoms with Crippen molar-refractivity contribution in [3.05, 3.63) is 65.2 Å². The summed E-state index contributed by atoms with van der Waals surface area (Å²) in [5.41, 5.74) is 1.27. The van der Waals surface area contributed by atoms with Crippen LogP contribution in [0.25, 0.3) is 22.2 Å². The molecule has 0 aliphatic carbocycles. The first-order valence-electron chi connectivity index (χ1n) is 5.66. The van der Waals surface area contributed by atoms with Crippen LogP contribution < -0.4 is 0 Å². The Hall–Kier alpha value is -2.00. The van der Waals surface area contributed by atoms with Crippen LogP contribution in [0.5, 0.6) is 0 Å². The SMILES string of the molecule is Fc1ccc(F)c2c(Cl)cc(-c3ccccc3)nc12. The maximum Gasteiger partial charge on any atom is 0.149 e. The number of hydrogen-bond acceptors (Lipinski definition) is 1. The molecule has 1 nitrogen and oxygen atoms in total. The smallest absolute Gasteiger partial charge is 0.149 e. The Morgan fingerprint density at radius 3 is 2.32 bits per heavy atom. The maximum atomic E-state index is 13.8. The summed E-state index contributed by atoms with van der Waals surface area (Å²) in [7, 11) is 0. The summed E-state index contributed by atoms with van der Waals surface area (Å²) in [4.78, 5) is 4.17. The molecule has 0 aliphatic heterocycles. The van der Waals surface area contributed by atoms with Gasteiger partial charge in [-0.1, -0.05) is 41.9 Å². The minimum atomic E-state index is -0.587. The molecule has 94 valence electrons. The minimum Gasteiger partial charge on any atom is -0.244 e. The zero-order chi connectivity index (χ0) is 13.4. The molecule has 0 fully saturated rings. The Morgan fingerprint density at radius 2 is 1.58 bits per heavy atom. The summed E-state index contributed by atoms with van der Waals surface area (Å²) < 4.78 is 27.4. The molecule has 2 aromatic carbocycles. The lowest BCUT2D eigenvalue weighted by molar-refractivity contribution is 0.615. The van der Waals surface area contributed by atoms with E-state index in [4.69, 9.17) is 11.6 Å². The quantitative estimate of drug-likeness (QED) is 0.620. The molecule has 0 atom stereocenters. The molecule has 0 amide bonds. The second kappa shape index (κ2) is 4.59. The summed E-state index contributed by atoms with van der Waals surface area (Å²) in [6.07, 6.45) is 0. The molecule has 1 aromatic heterocycles. The molecule has 0 spiro atoms. The lowest BCUT2D eigenvalue weighted by Gasteiger charge is -2.07. The van der Waals surface area contributed by atoms with Gasteiger partial charge in [0.05, 0.1) is 16.1 Å². The van der Waals surface area contributed by atoms with Crippen molar-refractivity contribution in [2.24, 2.45) is 0 Å². The highest BCUT2D eigenvalue weighted by Gasteiger charge is 2.13. The van der Waals surface area contributed by atoms with Gasteiger partial charge in [0, 0.05) is 5.56 Å². The molecule has 0 N–H and O–H groups in total. The number of benzene rings is 2. The molecule has 3 rings (SSSR count). The summed E-state index contributed by atoms with van der Waals surface area (Å²) in [5, 5.41) is 0.169. The van der Waals surface area contributed by atoms with E-state index in [1.54, 1.807) is 6.07 Å². The number of rotatable bonds is 1. The van der Waals surface area contributed by atoms with Crippen LogP contribution in [-0.2, 0) is 0 Å². The molecule has 0 saturated carbocycles. The van der Waals surface area contributed by atoms with Crippen molar-refractivity contribution in [2.75, 3.05) is 0 Å². The van der Waals surface area contributed by atoms with E-state index in [1.165, 1.54) is 0 Å². The molecule has 0 aliphatic rings. The molecule has 0 unspecified atom stereocenters. The predicted molar refractivity (Wildman–Crippen MR) is 72.1 cm³/mol. The van der Waals surface area contributed by atoms with Crippen LogP contribution in [-0.4, -0.2) is 4.98 Å². The number of halogens is 3. The molecular weight excluding hydrogens is 268 g/mol. The van der Waals surface area contributed by atoms with E-state index in [9.17, 15) is 8.78 Å². The van der Waals surface area contributed by atoms with Crippen LogP contribution in [0.3, 0.4) is 0 Å². The van der Waals surface area contributed by atoms with Gasteiger partial charge in [0.1, 0.15) is 17.2 Å². The highest BCUT2D eigenvalue weighted by Crippen LogP contribution is 2.31. The number of nitrogens with zero attached hydrogens (tertiary/aromatic N) is 1. The van der Waals surface area contributed by atoms with Crippen molar-refractivity contribution in [3.8, 4) is 11.3 Å². The topological polar surface area (TPSA) is 12.9 Å². The Bertz CT molecular complexity index is 757. The highest BCUT2D eigenvalue weighted by molar-refractivity contribution is 6.35. The molecule has 0 radical (unpaired) electrons. The monoisotopic (exact) mass is 275 g/mol. The molecule has 0 bridgehead atoms. The van der Waals surface area contributed by atoms with Crippen LogP contribution in [0, 0.1) is 11.6 Å². The fourth-order valence-corrected chi connectivity index (χ4v) is 2.26. The lowest BCUT2D eigenvalue weighted by Crippen LogP contribution is -1.92.